The lowest BCUT2D eigenvalue weighted by atomic mass is 9.93. The lowest BCUT2D eigenvalue weighted by Gasteiger charge is -2.10. The van der Waals surface area contributed by atoms with Gasteiger partial charge in [-0.05, 0) is 17.7 Å². The zero-order valence-corrected chi connectivity index (χ0v) is 11.8. The van der Waals surface area contributed by atoms with Crippen molar-refractivity contribution < 1.29 is 4.79 Å². The van der Waals surface area contributed by atoms with Crippen LogP contribution >= 0.6 is 15.9 Å². The molecule has 0 radical (unpaired) electrons. The zero-order chi connectivity index (χ0) is 13.3. The molecule has 4 heteroatoms. The van der Waals surface area contributed by atoms with Crippen molar-refractivity contribution in [1.29, 1.82) is 5.26 Å². The molecule has 1 amide bonds. The van der Waals surface area contributed by atoms with E-state index in [4.69, 9.17) is 0 Å². The zero-order valence-electron chi connectivity index (χ0n) is 10.2. The molecule has 2 unspecified atom stereocenters. The van der Waals surface area contributed by atoms with Crippen molar-refractivity contribution in [3.05, 3.63) is 40.0 Å². The fourth-order valence-corrected chi connectivity index (χ4v) is 2.29. The molecule has 2 rings (SSSR count). The van der Waals surface area contributed by atoms with Gasteiger partial charge in [-0.1, -0.05) is 41.9 Å². The third-order valence-electron chi connectivity index (χ3n) is 3.39. The van der Waals surface area contributed by atoms with E-state index in [2.05, 4.69) is 27.3 Å². The van der Waals surface area contributed by atoms with Crippen molar-refractivity contribution in [1.82, 2.24) is 5.32 Å². The first-order chi connectivity index (χ1) is 8.54. The number of benzene rings is 1. The molecule has 1 saturated heterocycles. The maximum atomic E-state index is 11.6. The molecule has 92 valence electrons. The summed E-state index contributed by atoms with van der Waals surface area (Å²) in [5.41, 5.74) is 2.11. The fourth-order valence-electron chi connectivity index (χ4n) is 2.02. The van der Waals surface area contributed by atoms with Crippen LogP contribution in [0, 0.1) is 23.2 Å². The van der Waals surface area contributed by atoms with Gasteiger partial charge in [0.05, 0.1) is 5.57 Å². The molecule has 1 heterocycles. The third kappa shape index (κ3) is 2.19. The summed E-state index contributed by atoms with van der Waals surface area (Å²) in [6.07, 6.45) is 0. The summed E-state index contributed by atoms with van der Waals surface area (Å²) in [7, 11) is 0. The van der Waals surface area contributed by atoms with E-state index in [-0.39, 0.29) is 17.7 Å². The predicted molar refractivity (Wildman–Crippen MR) is 73.1 cm³/mol. The van der Waals surface area contributed by atoms with Gasteiger partial charge in [-0.3, -0.25) is 4.79 Å². The molecule has 1 aliphatic heterocycles. The van der Waals surface area contributed by atoms with Crippen molar-refractivity contribution in [2.45, 2.75) is 13.8 Å². The molecule has 0 aliphatic carbocycles. The van der Waals surface area contributed by atoms with Gasteiger partial charge in [-0.15, -0.1) is 0 Å². The van der Waals surface area contributed by atoms with E-state index in [0.717, 1.165) is 15.7 Å². The van der Waals surface area contributed by atoms with Gasteiger partial charge in [-0.25, -0.2) is 0 Å². The van der Waals surface area contributed by atoms with Crippen LogP contribution in [0.3, 0.4) is 0 Å². The average molecular weight is 305 g/mol. The number of carbonyl (C=O) groups is 1. The molecule has 3 nitrogen and oxygen atoms in total. The molecular formula is C14H13BrN2O. The third-order valence-corrected chi connectivity index (χ3v) is 3.92. The SMILES string of the molecule is CC1C(=O)N/C(=C(/C#N)c2ccc(Br)cc2)C1C. The second-order valence-electron chi connectivity index (χ2n) is 4.47. The number of nitrogens with zero attached hydrogens (tertiary/aromatic N) is 1. The molecular weight excluding hydrogens is 292 g/mol. The Morgan fingerprint density at radius 1 is 1.28 bits per heavy atom. The van der Waals surface area contributed by atoms with Gasteiger partial charge in [0, 0.05) is 22.0 Å². The van der Waals surface area contributed by atoms with Crippen LogP contribution in [-0.2, 0) is 4.79 Å². The number of hydrogen-bond donors (Lipinski definition) is 1. The van der Waals surface area contributed by atoms with E-state index in [9.17, 15) is 10.1 Å². The van der Waals surface area contributed by atoms with E-state index in [1.807, 2.05) is 38.1 Å². The lowest BCUT2D eigenvalue weighted by molar-refractivity contribution is -0.122. The minimum Gasteiger partial charge on any atom is -0.328 e. The molecule has 18 heavy (non-hydrogen) atoms. The Morgan fingerprint density at radius 3 is 2.33 bits per heavy atom. The van der Waals surface area contributed by atoms with Crippen molar-refractivity contribution in [2.24, 2.45) is 11.8 Å². The molecule has 0 aromatic heterocycles. The van der Waals surface area contributed by atoms with Crippen LogP contribution in [0.2, 0.25) is 0 Å². The molecule has 1 aromatic rings. The summed E-state index contributed by atoms with van der Waals surface area (Å²) in [5, 5.41) is 12.2. The number of nitriles is 1. The Hall–Kier alpha value is -1.60. The highest BCUT2D eigenvalue weighted by Gasteiger charge is 2.34. The van der Waals surface area contributed by atoms with E-state index >= 15 is 0 Å². The summed E-state index contributed by atoms with van der Waals surface area (Å²) in [5.74, 6) is -0.0445. The summed E-state index contributed by atoms with van der Waals surface area (Å²) >= 11 is 3.36. The second kappa shape index (κ2) is 4.95. The number of carbonyl (C=O) groups excluding carboxylic acids is 1. The van der Waals surface area contributed by atoms with Gasteiger partial charge in [-0.2, -0.15) is 5.26 Å². The highest BCUT2D eigenvalue weighted by atomic mass is 79.9. The number of allylic oxidation sites excluding steroid dienone is 2. The smallest absolute Gasteiger partial charge is 0.227 e. The molecule has 1 aliphatic rings. The lowest BCUT2D eigenvalue weighted by Crippen LogP contribution is -2.17. The van der Waals surface area contributed by atoms with Gasteiger partial charge < -0.3 is 5.32 Å². The first-order valence-corrected chi connectivity index (χ1v) is 6.55. The van der Waals surface area contributed by atoms with Crippen molar-refractivity contribution in [3.63, 3.8) is 0 Å². The number of amides is 1. The van der Waals surface area contributed by atoms with Gasteiger partial charge in [0.15, 0.2) is 0 Å². The number of halogens is 1. The van der Waals surface area contributed by atoms with E-state index < -0.39 is 0 Å². The van der Waals surface area contributed by atoms with Crippen LogP contribution in [-0.4, -0.2) is 5.91 Å². The Balaban J connectivity index is 2.49. The molecule has 0 spiro atoms. The molecule has 1 N–H and O–H groups in total. The van der Waals surface area contributed by atoms with Crippen molar-refractivity contribution >= 4 is 27.4 Å². The van der Waals surface area contributed by atoms with Gasteiger partial charge in [0.25, 0.3) is 0 Å². The first kappa shape index (κ1) is 12.8. The van der Waals surface area contributed by atoms with E-state index in [1.54, 1.807) is 0 Å². The van der Waals surface area contributed by atoms with Crippen LogP contribution in [0.25, 0.3) is 5.57 Å². The van der Waals surface area contributed by atoms with Crippen molar-refractivity contribution in [2.75, 3.05) is 0 Å². The first-order valence-electron chi connectivity index (χ1n) is 5.75. The molecule has 0 saturated carbocycles. The molecule has 1 aromatic carbocycles. The molecule has 0 bridgehead atoms. The summed E-state index contributed by atoms with van der Waals surface area (Å²) in [6, 6.07) is 9.72. The second-order valence-corrected chi connectivity index (χ2v) is 5.39. The normalized spacial score (nSPS) is 25.6. The van der Waals surface area contributed by atoms with Crippen molar-refractivity contribution in [3.8, 4) is 6.07 Å². The van der Waals surface area contributed by atoms with Gasteiger partial charge in [0.1, 0.15) is 6.07 Å². The fraction of sp³-hybridized carbons (Fsp3) is 0.286. The monoisotopic (exact) mass is 304 g/mol. The summed E-state index contributed by atoms with van der Waals surface area (Å²) in [6.45, 7) is 3.84. The summed E-state index contributed by atoms with van der Waals surface area (Å²) < 4.78 is 0.963. The topological polar surface area (TPSA) is 52.9 Å². The standard InChI is InChI=1S/C14H13BrN2O/c1-8-9(2)14(18)17-13(8)12(7-16)10-3-5-11(15)6-4-10/h3-6,8-9H,1-2H3,(H,17,18)/b13-12-. The average Bonchev–Trinajstić information content (AvgIpc) is 2.61. The Bertz CT molecular complexity index is 554. The van der Waals surface area contributed by atoms with E-state index in [0.29, 0.717) is 5.57 Å². The quantitative estimate of drug-likeness (QED) is 0.811. The Kier molecular flexibility index (Phi) is 3.53. The van der Waals surface area contributed by atoms with Gasteiger partial charge in [0.2, 0.25) is 5.91 Å². The van der Waals surface area contributed by atoms with Crippen LogP contribution in [0.15, 0.2) is 34.4 Å². The highest BCUT2D eigenvalue weighted by Crippen LogP contribution is 2.31. The Morgan fingerprint density at radius 2 is 1.89 bits per heavy atom. The summed E-state index contributed by atoms with van der Waals surface area (Å²) in [4.78, 5) is 11.6. The maximum absolute atomic E-state index is 11.6. The minimum atomic E-state index is -0.0844. The number of rotatable bonds is 1. The largest absolute Gasteiger partial charge is 0.328 e. The van der Waals surface area contributed by atoms with Crippen LogP contribution in [0.4, 0.5) is 0 Å². The molecule has 2 atom stereocenters. The highest BCUT2D eigenvalue weighted by molar-refractivity contribution is 9.10. The predicted octanol–water partition coefficient (Wildman–Crippen LogP) is 3.09. The van der Waals surface area contributed by atoms with Crippen LogP contribution < -0.4 is 5.32 Å². The molecule has 1 fully saturated rings. The van der Waals surface area contributed by atoms with E-state index in [1.165, 1.54) is 0 Å². The Labute approximate surface area is 115 Å². The van der Waals surface area contributed by atoms with Crippen LogP contribution in [0.1, 0.15) is 19.4 Å². The number of hydrogen-bond acceptors (Lipinski definition) is 2. The van der Waals surface area contributed by atoms with Crippen LogP contribution in [0.5, 0.6) is 0 Å². The number of nitrogens with one attached hydrogen (secondary N) is 1. The maximum Gasteiger partial charge on any atom is 0.227 e. The minimum absolute atomic E-state index is 0.0117. The van der Waals surface area contributed by atoms with Gasteiger partial charge >= 0.3 is 0 Å².